The van der Waals surface area contributed by atoms with E-state index in [1.54, 1.807) is 5.57 Å². The Kier molecular flexibility index (Phi) is 2.52. The molecule has 2 aliphatic rings. The fourth-order valence-electron chi connectivity index (χ4n) is 3.89. The van der Waals surface area contributed by atoms with E-state index in [4.69, 9.17) is 0 Å². The van der Waals surface area contributed by atoms with Gasteiger partial charge in [0.05, 0.1) is 0 Å². The predicted octanol–water partition coefficient (Wildman–Crippen LogP) is 4.81. The van der Waals surface area contributed by atoms with Crippen LogP contribution >= 0.6 is 0 Å². The van der Waals surface area contributed by atoms with Gasteiger partial charge in [-0.15, -0.1) is 0 Å². The molecule has 2 aliphatic carbocycles. The van der Waals surface area contributed by atoms with Crippen LogP contribution in [0.15, 0.2) is 11.6 Å². The Bertz CT molecular complexity index is 267. The third-order valence-electron chi connectivity index (χ3n) is 4.50. The van der Waals surface area contributed by atoms with Crippen molar-refractivity contribution in [3.63, 3.8) is 0 Å². The van der Waals surface area contributed by atoms with Crippen molar-refractivity contribution in [2.24, 2.45) is 22.7 Å². The molecule has 0 aliphatic heterocycles. The molecule has 86 valence electrons. The summed E-state index contributed by atoms with van der Waals surface area (Å²) in [7, 11) is 0. The molecule has 0 amide bonds. The molecule has 0 N–H and O–H groups in total. The van der Waals surface area contributed by atoms with Crippen LogP contribution in [0.1, 0.15) is 60.3 Å². The van der Waals surface area contributed by atoms with Gasteiger partial charge in [0.1, 0.15) is 0 Å². The molecule has 0 saturated heterocycles. The van der Waals surface area contributed by atoms with Gasteiger partial charge in [-0.2, -0.15) is 0 Å². The minimum atomic E-state index is 0.476. The molecule has 2 atom stereocenters. The van der Waals surface area contributed by atoms with Gasteiger partial charge in [0.2, 0.25) is 0 Å². The van der Waals surface area contributed by atoms with E-state index in [1.165, 1.54) is 25.7 Å². The van der Waals surface area contributed by atoms with Crippen LogP contribution in [0, 0.1) is 22.7 Å². The van der Waals surface area contributed by atoms with Crippen LogP contribution in [0.2, 0.25) is 0 Å². The van der Waals surface area contributed by atoms with Crippen molar-refractivity contribution in [1.29, 1.82) is 0 Å². The summed E-state index contributed by atoms with van der Waals surface area (Å²) in [6.45, 7) is 12.1. The van der Waals surface area contributed by atoms with E-state index in [9.17, 15) is 0 Å². The lowest BCUT2D eigenvalue weighted by Crippen LogP contribution is -2.12. The maximum Gasteiger partial charge on any atom is -0.0138 e. The van der Waals surface area contributed by atoms with Crippen LogP contribution in [-0.2, 0) is 0 Å². The standard InChI is InChI=1S/C15H26/c1-14(2,3)13-12(15(13,4)5)10-11-8-6-7-9-11/h10,12-13H,6-9H2,1-5H3. The molecule has 0 aromatic carbocycles. The molecule has 0 heterocycles. The SMILES string of the molecule is CC(C)(C)C1C(C=C2CCCC2)C1(C)C. The Hall–Kier alpha value is -0.260. The summed E-state index contributed by atoms with van der Waals surface area (Å²) in [6, 6.07) is 0. The molecule has 2 unspecified atom stereocenters. The van der Waals surface area contributed by atoms with Crippen LogP contribution < -0.4 is 0 Å². The summed E-state index contributed by atoms with van der Waals surface area (Å²) in [6.07, 6.45) is 8.24. The molecule has 0 heteroatoms. The van der Waals surface area contributed by atoms with Crippen molar-refractivity contribution < 1.29 is 0 Å². The van der Waals surface area contributed by atoms with E-state index < -0.39 is 0 Å². The summed E-state index contributed by atoms with van der Waals surface area (Å²) in [5, 5.41) is 0. The normalized spacial score (nSPS) is 34.3. The molecular formula is C15H26. The van der Waals surface area contributed by atoms with Gasteiger partial charge in [-0.3, -0.25) is 0 Å². The Labute approximate surface area is 95.1 Å². The monoisotopic (exact) mass is 206 g/mol. The molecule has 0 aromatic heterocycles. The molecule has 0 spiro atoms. The van der Waals surface area contributed by atoms with Crippen molar-refractivity contribution >= 4 is 0 Å². The maximum absolute atomic E-state index is 2.63. The first-order chi connectivity index (χ1) is 6.83. The summed E-state index contributed by atoms with van der Waals surface area (Å²) in [5.74, 6) is 1.74. The Morgan fingerprint density at radius 2 is 1.67 bits per heavy atom. The first-order valence-corrected chi connectivity index (χ1v) is 6.53. The van der Waals surface area contributed by atoms with E-state index in [0.29, 0.717) is 10.8 Å². The zero-order valence-electron chi connectivity index (χ0n) is 11.1. The van der Waals surface area contributed by atoms with Crippen LogP contribution in [0.3, 0.4) is 0 Å². The molecule has 15 heavy (non-hydrogen) atoms. The summed E-state index contributed by atoms with van der Waals surface area (Å²) < 4.78 is 0. The van der Waals surface area contributed by atoms with Crippen molar-refractivity contribution in [2.75, 3.05) is 0 Å². The molecule has 0 bridgehead atoms. The summed E-state index contributed by atoms with van der Waals surface area (Å²) in [5.41, 5.74) is 2.78. The van der Waals surface area contributed by atoms with Gasteiger partial charge in [-0.25, -0.2) is 0 Å². The van der Waals surface area contributed by atoms with Crippen molar-refractivity contribution in [1.82, 2.24) is 0 Å². The first-order valence-electron chi connectivity index (χ1n) is 6.53. The summed E-state index contributed by atoms with van der Waals surface area (Å²) >= 11 is 0. The second-order valence-electron chi connectivity index (χ2n) is 7.22. The second kappa shape index (κ2) is 3.37. The number of hydrogen-bond donors (Lipinski definition) is 0. The lowest BCUT2D eigenvalue weighted by atomic mass is 9.85. The highest BCUT2D eigenvalue weighted by Crippen LogP contribution is 2.66. The van der Waals surface area contributed by atoms with Crippen LogP contribution in [0.4, 0.5) is 0 Å². The fraction of sp³-hybridized carbons (Fsp3) is 0.867. The third-order valence-corrected chi connectivity index (χ3v) is 4.50. The average molecular weight is 206 g/mol. The van der Waals surface area contributed by atoms with Gasteiger partial charge in [0.15, 0.2) is 0 Å². The van der Waals surface area contributed by atoms with Crippen molar-refractivity contribution in [3.05, 3.63) is 11.6 Å². The minimum absolute atomic E-state index is 0.476. The molecule has 0 nitrogen and oxygen atoms in total. The molecular weight excluding hydrogens is 180 g/mol. The highest BCUT2D eigenvalue weighted by Gasteiger charge is 2.60. The zero-order chi connectivity index (χ0) is 11.3. The lowest BCUT2D eigenvalue weighted by molar-refractivity contribution is 0.298. The molecule has 2 fully saturated rings. The quantitative estimate of drug-likeness (QED) is 0.540. The number of allylic oxidation sites excluding steroid dienone is 2. The Balaban J connectivity index is 2.09. The second-order valence-corrected chi connectivity index (χ2v) is 7.22. The van der Waals surface area contributed by atoms with E-state index in [0.717, 1.165) is 11.8 Å². The average Bonchev–Trinajstić information content (AvgIpc) is 2.46. The van der Waals surface area contributed by atoms with E-state index in [1.807, 2.05) is 0 Å². The molecule has 2 saturated carbocycles. The van der Waals surface area contributed by atoms with Crippen molar-refractivity contribution in [3.8, 4) is 0 Å². The molecule has 2 rings (SSSR count). The van der Waals surface area contributed by atoms with Gasteiger partial charge in [0, 0.05) is 0 Å². The van der Waals surface area contributed by atoms with Gasteiger partial charge in [-0.1, -0.05) is 46.3 Å². The topological polar surface area (TPSA) is 0 Å². The maximum atomic E-state index is 2.63. The smallest absolute Gasteiger partial charge is 0.0138 e. The highest BCUT2D eigenvalue weighted by molar-refractivity contribution is 5.22. The van der Waals surface area contributed by atoms with Gasteiger partial charge in [-0.05, 0) is 48.3 Å². The van der Waals surface area contributed by atoms with Crippen LogP contribution in [0.25, 0.3) is 0 Å². The highest BCUT2D eigenvalue weighted by atomic mass is 14.6. The zero-order valence-corrected chi connectivity index (χ0v) is 11.1. The van der Waals surface area contributed by atoms with Crippen LogP contribution in [-0.4, -0.2) is 0 Å². The lowest BCUT2D eigenvalue weighted by Gasteiger charge is -2.20. The Morgan fingerprint density at radius 1 is 1.13 bits per heavy atom. The molecule has 0 radical (unpaired) electrons. The van der Waals surface area contributed by atoms with E-state index >= 15 is 0 Å². The predicted molar refractivity (Wildman–Crippen MR) is 66.8 cm³/mol. The van der Waals surface area contributed by atoms with Crippen LogP contribution in [0.5, 0.6) is 0 Å². The third kappa shape index (κ3) is 2.00. The number of rotatable bonds is 1. The fourth-order valence-corrected chi connectivity index (χ4v) is 3.89. The van der Waals surface area contributed by atoms with Crippen molar-refractivity contribution in [2.45, 2.75) is 60.3 Å². The minimum Gasteiger partial charge on any atom is -0.0814 e. The van der Waals surface area contributed by atoms with Gasteiger partial charge in [0.25, 0.3) is 0 Å². The van der Waals surface area contributed by atoms with Gasteiger partial charge < -0.3 is 0 Å². The van der Waals surface area contributed by atoms with E-state index in [2.05, 4.69) is 40.7 Å². The van der Waals surface area contributed by atoms with Gasteiger partial charge >= 0.3 is 0 Å². The largest absolute Gasteiger partial charge is 0.0814 e. The number of hydrogen-bond acceptors (Lipinski definition) is 0. The van der Waals surface area contributed by atoms with E-state index in [-0.39, 0.29) is 0 Å². The molecule has 0 aromatic rings. The Morgan fingerprint density at radius 3 is 2.07 bits per heavy atom. The summed E-state index contributed by atoms with van der Waals surface area (Å²) in [4.78, 5) is 0. The first kappa shape index (κ1) is 11.2.